The van der Waals surface area contributed by atoms with Crippen LogP contribution in [-0.2, 0) is 22.0 Å². The second-order valence-electron chi connectivity index (χ2n) is 7.52. The molecule has 0 amide bonds. The van der Waals surface area contributed by atoms with Crippen LogP contribution in [-0.4, -0.2) is 53.9 Å². The molecule has 1 aliphatic rings. The number of benzene rings is 1. The smallest absolute Gasteiger partial charge is 0.243 e. The van der Waals surface area contributed by atoms with Crippen LogP contribution < -0.4 is 0 Å². The first-order valence-corrected chi connectivity index (χ1v) is 10.8. The van der Waals surface area contributed by atoms with E-state index in [0.717, 1.165) is 0 Å². The fourth-order valence-electron chi connectivity index (χ4n) is 2.73. The van der Waals surface area contributed by atoms with E-state index in [1.54, 1.807) is 0 Å². The first kappa shape index (κ1) is 20.5. The molecule has 7 nitrogen and oxygen atoms in total. The van der Waals surface area contributed by atoms with Crippen molar-refractivity contribution in [1.29, 1.82) is 0 Å². The zero-order chi connectivity index (χ0) is 19.8. The number of hydrogen-bond donors (Lipinski definition) is 0. The van der Waals surface area contributed by atoms with Gasteiger partial charge in [-0.25, -0.2) is 8.42 Å². The lowest BCUT2D eigenvalue weighted by molar-refractivity contribution is 0.163. The fraction of sp³-hybridized carbons (Fsp3) is 0.529. The molecule has 2 aromatic rings. The summed E-state index contributed by atoms with van der Waals surface area (Å²) in [6, 6.07) is 4.36. The van der Waals surface area contributed by atoms with Gasteiger partial charge in [0.15, 0.2) is 5.82 Å². The minimum absolute atomic E-state index is 0.150. The van der Waals surface area contributed by atoms with Crippen LogP contribution in [0.4, 0.5) is 0 Å². The summed E-state index contributed by atoms with van der Waals surface area (Å²) in [6.07, 6.45) is 0. The monoisotopic (exact) mass is 432 g/mol. The van der Waals surface area contributed by atoms with Crippen molar-refractivity contribution in [3.8, 4) is 0 Å². The summed E-state index contributed by atoms with van der Waals surface area (Å²) in [7, 11) is -3.60. The molecule has 27 heavy (non-hydrogen) atoms. The summed E-state index contributed by atoms with van der Waals surface area (Å²) >= 11 is 11.8. The molecule has 1 aromatic carbocycles. The standard InChI is InChI=1S/C17H22Cl2N4O3S/c1-17(2,3)16-20-15(26-21-16)11-22-6-8-23(9-7-22)27(24,25)12-4-5-13(18)14(19)10-12/h4-5,10H,6-9,11H2,1-3H3. The first-order chi connectivity index (χ1) is 12.6. The highest BCUT2D eigenvalue weighted by molar-refractivity contribution is 7.89. The van der Waals surface area contributed by atoms with Gasteiger partial charge in [0.05, 0.1) is 21.5 Å². The summed E-state index contributed by atoms with van der Waals surface area (Å²) in [4.78, 5) is 6.68. The third kappa shape index (κ3) is 4.63. The number of sulfonamides is 1. The van der Waals surface area contributed by atoms with Gasteiger partial charge in [0.1, 0.15) is 0 Å². The Morgan fingerprint density at radius 2 is 1.78 bits per heavy atom. The van der Waals surface area contributed by atoms with Crippen molar-refractivity contribution in [3.63, 3.8) is 0 Å². The van der Waals surface area contributed by atoms with Crippen LogP contribution >= 0.6 is 23.2 Å². The van der Waals surface area contributed by atoms with Crippen LogP contribution in [0.1, 0.15) is 32.5 Å². The number of halogens is 2. The molecule has 1 saturated heterocycles. The zero-order valence-electron chi connectivity index (χ0n) is 15.4. The molecule has 1 aliphatic heterocycles. The highest BCUT2D eigenvalue weighted by Crippen LogP contribution is 2.27. The lowest BCUT2D eigenvalue weighted by Gasteiger charge is -2.33. The first-order valence-electron chi connectivity index (χ1n) is 8.58. The minimum Gasteiger partial charge on any atom is -0.338 e. The summed E-state index contributed by atoms with van der Waals surface area (Å²) in [5.41, 5.74) is -0.172. The third-order valence-corrected chi connectivity index (χ3v) is 6.99. The van der Waals surface area contributed by atoms with Gasteiger partial charge in [-0.15, -0.1) is 0 Å². The molecule has 0 spiro atoms. The van der Waals surface area contributed by atoms with Gasteiger partial charge < -0.3 is 4.52 Å². The normalized spacial score (nSPS) is 17.4. The SMILES string of the molecule is CC(C)(C)c1noc(CN2CCN(S(=O)(=O)c3ccc(Cl)c(Cl)c3)CC2)n1. The van der Waals surface area contributed by atoms with Gasteiger partial charge in [-0.2, -0.15) is 9.29 Å². The Hall–Kier alpha value is -1.19. The lowest BCUT2D eigenvalue weighted by atomic mass is 9.96. The zero-order valence-corrected chi connectivity index (χ0v) is 17.8. The summed E-state index contributed by atoms with van der Waals surface area (Å²) in [5, 5.41) is 4.57. The van der Waals surface area contributed by atoms with Gasteiger partial charge in [0.25, 0.3) is 0 Å². The van der Waals surface area contributed by atoms with Crippen molar-refractivity contribution in [1.82, 2.24) is 19.3 Å². The van der Waals surface area contributed by atoms with E-state index in [-0.39, 0.29) is 15.3 Å². The highest BCUT2D eigenvalue weighted by Gasteiger charge is 2.30. The van der Waals surface area contributed by atoms with Crippen LogP contribution in [0.25, 0.3) is 0 Å². The van der Waals surface area contributed by atoms with Crippen molar-refractivity contribution >= 4 is 33.2 Å². The van der Waals surface area contributed by atoms with Gasteiger partial charge in [-0.3, -0.25) is 4.90 Å². The van der Waals surface area contributed by atoms with E-state index >= 15 is 0 Å². The Morgan fingerprint density at radius 1 is 1.11 bits per heavy atom. The molecule has 0 N–H and O–H groups in total. The average molecular weight is 433 g/mol. The fourth-order valence-corrected chi connectivity index (χ4v) is 4.54. The van der Waals surface area contributed by atoms with Crippen molar-refractivity contribution in [2.75, 3.05) is 26.2 Å². The minimum atomic E-state index is -3.60. The van der Waals surface area contributed by atoms with Crippen LogP contribution in [0.5, 0.6) is 0 Å². The molecule has 10 heteroatoms. The van der Waals surface area contributed by atoms with E-state index < -0.39 is 10.0 Å². The number of rotatable bonds is 4. The molecule has 0 bridgehead atoms. The molecule has 0 unspecified atom stereocenters. The third-order valence-electron chi connectivity index (χ3n) is 4.36. The molecule has 0 saturated carbocycles. The topological polar surface area (TPSA) is 79.5 Å². The van der Waals surface area contributed by atoms with E-state index in [1.807, 2.05) is 20.8 Å². The van der Waals surface area contributed by atoms with Crippen LogP contribution in [0, 0.1) is 0 Å². The molecular formula is C17H22Cl2N4O3S. The second-order valence-corrected chi connectivity index (χ2v) is 10.3. The largest absolute Gasteiger partial charge is 0.338 e. The Morgan fingerprint density at radius 3 is 2.33 bits per heavy atom. The van der Waals surface area contributed by atoms with Gasteiger partial charge in [0.2, 0.25) is 15.9 Å². The van der Waals surface area contributed by atoms with Crippen LogP contribution in [0.3, 0.4) is 0 Å². The summed E-state index contributed by atoms with van der Waals surface area (Å²) in [6.45, 7) is 8.48. The van der Waals surface area contributed by atoms with E-state index in [1.165, 1.54) is 22.5 Å². The van der Waals surface area contributed by atoms with Crippen molar-refractivity contribution in [2.45, 2.75) is 37.6 Å². The molecule has 148 valence electrons. The Bertz CT molecular complexity index is 917. The number of aromatic nitrogens is 2. The number of nitrogens with zero attached hydrogens (tertiary/aromatic N) is 4. The summed E-state index contributed by atoms with van der Waals surface area (Å²) < 4.78 is 32.4. The predicted molar refractivity (Wildman–Crippen MR) is 103 cm³/mol. The average Bonchev–Trinajstić information content (AvgIpc) is 3.06. The number of piperazine rings is 1. The molecule has 2 heterocycles. The van der Waals surface area contributed by atoms with E-state index in [4.69, 9.17) is 27.7 Å². The van der Waals surface area contributed by atoms with Crippen molar-refractivity contribution in [3.05, 3.63) is 40.0 Å². The Kier molecular flexibility index (Phi) is 5.84. The molecule has 0 radical (unpaired) electrons. The highest BCUT2D eigenvalue weighted by atomic mass is 35.5. The van der Waals surface area contributed by atoms with Gasteiger partial charge in [-0.1, -0.05) is 49.1 Å². The maximum atomic E-state index is 12.8. The van der Waals surface area contributed by atoms with E-state index in [2.05, 4.69) is 15.0 Å². The second kappa shape index (κ2) is 7.67. The maximum Gasteiger partial charge on any atom is 0.243 e. The Balaban J connectivity index is 1.63. The van der Waals surface area contributed by atoms with Crippen molar-refractivity contribution in [2.24, 2.45) is 0 Å². The number of hydrogen-bond acceptors (Lipinski definition) is 6. The predicted octanol–water partition coefficient (Wildman–Crippen LogP) is 3.18. The quantitative estimate of drug-likeness (QED) is 0.737. The summed E-state index contributed by atoms with van der Waals surface area (Å²) in [5.74, 6) is 1.21. The molecule has 1 aromatic heterocycles. The Labute approximate surface area is 169 Å². The van der Waals surface area contributed by atoms with Gasteiger partial charge in [0, 0.05) is 31.6 Å². The van der Waals surface area contributed by atoms with Crippen LogP contribution in [0.15, 0.2) is 27.6 Å². The van der Waals surface area contributed by atoms with Gasteiger partial charge in [-0.05, 0) is 18.2 Å². The lowest BCUT2D eigenvalue weighted by Crippen LogP contribution is -2.48. The molecule has 0 aliphatic carbocycles. The molecule has 0 atom stereocenters. The van der Waals surface area contributed by atoms with Crippen LogP contribution in [0.2, 0.25) is 10.0 Å². The molecular weight excluding hydrogens is 411 g/mol. The van der Waals surface area contributed by atoms with Crippen molar-refractivity contribution < 1.29 is 12.9 Å². The molecule has 3 rings (SSSR count). The van der Waals surface area contributed by atoms with Gasteiger partial charge >= 0.3 is 0 Å². The molecule has 1 fully saturated rings. The van der Waals surface area contributed by atoms with E-state index in [9.17, 15) is 8.42 Å². The maximum absolute atomic E-state index is 12.8. The van der Waals surface area contributed by atoms with E-state index in [0.29, 0.717) is 49.5 Å².